The molecular formula is C16H21F3IN3. The molecule has 0 heterocycles. The van der Waals surface area contributed by atoms with E-state index in [1.54, 1.807) is 6.07 Å². The number of nitrogens with one attached hydrogen (secondary N) is 2. The summed E-state index contributed by atoms with van der Waals surface area (Å²) >= 11 is 0. The topological polar surface area (TPSA) is 36.4 Å². The van der Waals surface area contributed by atoms with E-state index in [0.717, 1.165) is 18.7 Å². The molecule has 0 amide bonds. The molecule has 1 aromatic carbocycles. The maximum absolute atomic E-state index is 12.6. The largest absolute Gasteiger partial charge is 0.416 e. The van der Waals surface area contributed by atoms with Crippen molar-refractivity contribution in [1.82, 2.24) is 10.6 Å². The van der Waals surface area contributed by atoms with Crippen LogP contribution in [0, 0.1) is 11.8 Å². The minimum Gasteiger partial charge on any atom is -0.357 e. The van der Waals surface area contributed by atoms with E-state index in [2.05, 4.69) is 27.5 Å². The molecule has 2 N–H and O–H groups in total. The molecule has 0 unspecified atom stereocenters. The number of hydrogen-bond donors (Lipinski definition) is 2. The molecule has 0 saturated carbocycles. The van der Waals surface area contributed by atoms with Gasteiger partial charge in [-0.2, -0.15) is 13.2 Å². The van der Waals surface area contributed by atoms with Crippen LogP contribution >= 0.6 is 24.0 Å². The molecule has 0 aliphatic heterocycles. The van der Waals surface area contributed by atoms with Gasteiger partial charge in [-0.1, -0.05) is 17.9 Å². The molecule has 0 fully saturated rings. The molecule has 128 valence electrons. The highest BCUT2D eigenvalue weighted by molar-refractivity contribution is 14.0. The summed E-state index contributed by atoms with van der Waals surface area (Å²) in [5, 5.41) is 6.19. The fourth-order valence-corrected chi connectivity index (χ4v) is 1.63. The van der Waals surface area contributed by atoms with Crippen molar-refractivity contribution >= 4 is 29.9 Å². The van der Waals surface area contributed by atoms with Crippen molar-refractivity contribution in [3.63, 3.8) is 0 Å². The Morgan fingerprint density at radius 3 is 2.57 bits per heavy atom. The Balaban J connectivity index is 0.00000484. The number of guanidine groups is 1. The van der Waals surface area contributed by atoms with E-state index in [9.17, 15) is 13.2 Å². The highest BCUT2D eigenvalue weighted by Crippen LogP contribution is 2.29. The summed E-state index contributed by atoms with van der Waals surface area (Å²) in [6, 6.07) is 5.19. The van der Waals surface area contributed by atoms with E-state index in [0.29, 0.717) is 11.5 Å². The zero-order valence-electron chi connectivity index (χ0n) is 13.3. The molecule has 23 heavy (non-hydrogen) atoms. The highest BCUT2D eigenvalue weighted by Gasteiger charge is 2.30. The Morgan fingerprint density at radius 2 is 2.00 bits per heavy atom. The highest BCUT2D eigenvalue weighted by atomic mass is 127. The third-order valence-corrected chi connectivity index (χ3v) is 2.51. The van der Waals surface area contributed by atoms with Crippen LogP contribution in [0.1, 0.15) is 31.9 Å². The lowest BCUT2D eigenvalue weighted by Gasteiger charge is -2.13. The summed E-state index contributed by atoms with van der Waals surface area (Å²) in [4.78, 5) is 4.24. The average molecular weight is 439 g/mol. The van der Waals surface area contributed by atoms with Gasteiger partial charge in [0.2, 0.25) is 0 Å². The van der Waals surface area contributed by atoms with Gasteiger partial charge in [-0.3, -0.25) is 0 Å². The Hall–Kier alpha value is -1.43. The van der Waals surface area contributed by atoms with E-state index in [-0.39, 0.29) is 36.6 Å². The van der Waals surface area contributed by atoms with Crippen LogP contribution in [0.15, 0.2) is 29.3 Å². The van der Waals surface area contributed by atoms with Crippen molar-refractivity contribution in [3.8, 4) is 11.8 Å². The predicted octanol–water partition coefficient (Wildman–Crippen LogP) is 3.64. The first-order valence-corrected chi connectivity index (χ1v) is 7.04. The summed E-state index contributed by atoms with van der Waals surface area (Å²) in [5.74, 6) is 6.09. The molecule has 0 aromatic heterocycles. The van der Waals surface area contributed by atoms with Gasteiger partial charge in [0.1, 0.15) is 6.54 Å². The van der Waals surface area contributed by atoms with Gasteiger partial charge in [0, 0.05) is 18.2 Å². The van der Waals surface area contributed by atoms with E-state index in [4.69, 9.17) is 0 Å². The lowest BCUT2D eigenvalue weighted by atomic mass is 10.1. The number of rotatable bonds is 3. The summed E-state index contributed by atoms with van der Waals surface area (Å²) in [7, 11) is 0. The number of halogens is 4. The van der Waals surface area contributed by atoms with E-state index in [1.807, 2.05) is 20.8 Å². The van der Waals surface area contributed by atoms with Gasteiger partial charge in [-0.05, 0) is 39.0 Å². The third-order valence-electron chi connectivity index (χ3n) is 2.51. The minimum absolute atomic E-state index is 0. The van der Waals surface area contributed by atoms with Gasteiger partial charge >= 0.3 is 6.18 Å². The lowest BCUT2D eigenvalue weighted by molar-refractivity contribution is -0.137. The van der Waals surface area contributed by atoms with Crippen LogP contribution in [0.25, 0.3) is 0 Å². The summed E-state index contributed by atoms with van der Waals surface area (Å²) in [6.07, 6.45) is -4.35. The molecule has 1 aromatic rings. The monoisotopic (exact) mass is 439 g/mol. The van der Waals surface area contributed by atoms with Crippen molar-refractivity contribution in [2.24, 2.45) is 4.99 Å². The van der Waals surface area contributed by atoms with Gasteiger partial charge in [-0.15, -0.1) is 24.0 Å². The second-order valence-electron chi connectivity index (χ2n) is 4.87. The van der Waals surface area contributed by atoms with Gasteiger partial charge < -0.3 is 10.6 Å². The fourth-order valence-electron chi connectivity index (χ4n) is 1.63. The number of aliphatic imine (C=N–C) groups is 1. The number of hydrogen-bond acceptors (Lipinski definition) is 1. The Bertz CT molecular complexity index is 572. The van der Waals surface area contributed by atoms with Crippen molar-refractivity contribution in [3.05, 3.63) is 35.4 Å². The van der Waals surface area contributed by atoms with Crippen LogP contribution in [0.4, 0.5) is 13.2 Å². The van der Waals surface area contributed by atoms with Crippen molar-refractivity contribution in [1.29, 1.82) is 0 Å². The smallest absolute Gasteiger partial charge is 0.357 e. The van der Waals surface area contributed by atoms with Gasteiger partial charge in [0.05, 0.1) is 5.56 Å². The summed E-state index contributed by atoms with van der Waals surface area (Å²) < 4.78 is 37.7. The van der Waals surface area contributed by atoms with Crippen molar-refractivity contribution in [2.45, 2.75) is 33.0 Å². The van der Waals surface area contributed by atoms with Crippen LogP contribution in [-0.4, -0.2) is 25.1 Å². The van der Waals surface area contributed by atoms with E-state index in [1.165, 1.54) is 6.07 Å². The molecule has 0 atom stereocenters. The van der Waals surface area contributed by atoms with Crippen molar-refractivity contribution in [2.75, 3.05) is 13.1 Å². The Morgan fingerprint density at radius 1 is 1.30 bits per heavy atom. The van der Waals surface area contributed by atoms with Crippen LogP contribution < -0.4 is 10.6 Å². The minimum atomic E-state index is -4.35. The maximum atomic E-state index is 12.6. The second-order valence-corrected chi connectivity index (χ2v) is 4.87. The van der Waals surface area contributed by atoms with E-state index >= 15 is 0 Å². The van der Waals surface area contributed by atoms with Gasteiger partial charge in [0.15, 0.2) is 5.96 Å². The molecule has 0 saturated heterocycles. The Labute approximate surface area is 152 Å². The molecule has 7 heteroatoms. The first-order valence-electron chi connectivity index (χ1n) is 7.04. The number of benzene rings is 1. The number of alkyl halides is 3. The number of nitrogens with zero attached hydrogens (tertiary/aromatic N) is 1. The molecule has 1 rings (SSSR count). The second kappa shape index (κ2) is 10.4. The lowest BCUT2D eigenvalue weighted by Crippen LogP contribution is -2.41. The summed E-state index contributed by atoms with van der Waals surface area (Å²) in [6.45, 7) is 6.85. The quantitative estimate of drug-likeness (QED) is 0.327. The Kier molecular flexibility index (Phi) is 9.72. The first kappa shape index (κ1) is 21.6. The fraction of sp³-hybridized carbons (Fsp3) is 0.438. The maximum Gasteiger partial charge on any atom is 0.416 e. The molecule has 0 bridgehead atoms. The molecule has 0 aliphatic rings. The van der Waals surface area contributed by atoms with Crippen LogP contribution in [-0.2, 0) is 6.18 Å². The zero-order valence-corrected chi connectivity index (χ0v) is 15.6. The molecule has 3 nitrogen and oxygen atoms in total. The molecule has 0 aliphatic carbocycles. The van der Waals surface area contributed by atoms with Crippen LogP contribution in [0.3, 0.4) is 0 Å². The van der Waals surface area contributed by atoms with Crippen LogP contribution in [0.5, 0.6) is 0 Å². The molecule has 0 spiro atoms. The summed E-state index contributed by atoms with van der Waals surface area (Å²) in [5.41, 5.74) is -0.371. The SMILES string of the molecule is CCNC(=NCC#Cc1cccc(C(F)(F)F)c1)NC(C)C.I. The van der Waals surface area contributed by atoms with Gasteiger partial charge in [-0.25, -0.2) is 4.99 Å². The zero-order chi connectivity index (χ0) is 16.6. The standard InChI is InChI=1S/C16H20F3N3.HI/c1-4-20-15(22-12(2)3)21-10-6-8-13-7-5-9-14(11-13)16(17,18)19;/h5,7,9,11-12H,4,10H2,1-3H3,(H2,20,21,22);1H. The van der Waals surface area contributed by atoms with Crippen molar-refractivity contribution < 1.29 is 13.2 Å². The molecular weight excluding hydrogens is 418 g/mol. The van der Waals surface area contributed by atoms with Crippen LogP contribution in [0.2, 0.25) is 0 Å². The average Bonchev–Trinajstić information content (AvgIpc) is 2.42. The molecule has 0 radical (unpaired) electrons. The van der Waals surface area contributed by atoms with Gasteiger partial charge in [0.25, 0.3) is 0 Å². The predicted molar refractivity (Wildman–Crippen MR) is 98.0 cm³/mol. The first-order chi connectivity index (χ1) is 10.3. The third kappa shape index (κ3) is 8.69. The van der Waals surface area contributed by atoms with E-state index < -0.39 is 11.7 Å². The normalized spacial score (nSPS) is 11.3.